The van der Waals surface area contributed by atoms with Gasteiger partial charge in [0.05, 0.1) is 18.4 Å². The van der Waals surface area contributed by atoms with E-state index in [1.165, 1.54) is 19.3 Å². The lowest BCUT2D eigenvalue weighted by Gasteiger charge is -2.25. The molecule has 0 saturated heterocycles. The van der Waals surface area contributed by atoms with Crippen molar-refractivity contribution < 1.29 is 4.74 Å². The Morgan fingerprint density at radius 3 is 2.29 bits per heavy atom. The topological polar surface area (TPSA) is 55.4 Å². The normalized spacial score (nSPS) is 16.0. The third-order valence-corrected chi connectivity index (χ3v) is 4.24. The van der Waals surface area contributed by atoms with Crippen LogP contribution >= 0.6 is 0 Å². The third-order valence-electron chi connectivity index (χ3n) is 4.24. The average Bonchev–Trinajstić information content (AvgIpc) is 2.55. The SMILES string of the molecule is COc1ccc(-c2c(NC3CCCCC3)c(=O)c2=O)cc1. The molecule has 4 heteroatoms. The van der Waals surface area contributed by atoms with Crippen LogP contribution in [-0.2, 0) is 0 Å². The van der Waals surface area contributed by atoms with Gasteiger partial charge in [0.2, 0.25) is 10.9 Å². The highest BCUT2D eigenvalue weighted by Gasteiger charge is 2.25. The van der Waals surface area contributed by atoms with Crippen molar-refractivity contribution >= 4 is 5.69 Å². The molecule has 0 aliphatic heterocycles. The lowest BCUT2D eigenvalue weighted by atomic mass is 9.93. The van der Waals surface area contributed by atoms with Crippen molar-refractivity contribution in [3.8, 4) is 16.9 Å². The van der Waals surface area contributed by atoms with Crippen LogP contribution in [0, 0.1) is 0 Å². The summed E-state index contributed by atoms with van der Waals surface area (Å²) in [5.41, 5.74) is 1.02. The average molecular weight is 285 g/mol. The maximum absolute atomic E-state index is 11.9. The molecule has 1 N–H and O–H groups in total. The van der Waals surface area contributed by atoms with Gasteiger partial charge in [0.25, 0.3) is 0 Å². The van der Waals surface area contributed by atoms with E-state index in [0.717, 1.165) is 24.2 Å². The molecular weight excluding hydrogens is 266 g/mol. The molecule has 4 nitrogen and oxygen atoms in total. The molecule has 0 radical (unpaired) electrons. The zero-order chi connectivity index (χ0) is 14.8. The zero-order valence-electron chi connectivity index (χ0n) is 12.1. The minimum Gasteiger partial charge on any atom is -0.497 e. The van der Waals surface area contributed by atoms with E-state index in [2.05, 4.69) is 5.32 Å². The van der Waals surface area contributed by atoms with E-state index in [-0.39, 0.29) is 5.43 Å². The van der Waals surface area contributed by atoms with Gasteiger partial charge in [0, 0.05) is 6.04 Å². The van der Waals surface area contributed by atoms with Crippen molar-refractivity contribution in [1.29, 1.82) is 0 Å². The van der Waals surface area contributed by atoms with E-state index in [9.17, 15) is 9.59 Å². The second kappa shape index (κ2) is 5.72. The van der Waals surface area contributed by atoms with E-state index in [4.69, 9.17) is 4.74 Å². The van der Waals surface area contributed by atoms with Crippen LogP contribution in [0.25, 0.3) is 11.1 Å². The van der Waals surface area contributed by atoms with Gasteiger partial charge in [0.15, 0.2) is 0 Å². The monoisotopic (exact) mass is 285 g/mol. The number of nitrogens with one attached hydrogen (secondary N) is 1. The van der Waals surface area contributed by atoms with Crippen molar-refractivity contribution in [2.45, 2.75) is 38.1 Å². The predicted octanol–water partition coefficient (Wildman–Crippen LogP) is 2.70. The molecule has 0 spiro atoms. The van der Waals surface area contributed by atoms with Gasteiger partial charge in [-0.25, -0.2) is 0 Å². The Kier molecular flexibility index (Phi) is 3.78. The van der Waals surface area contributed by atoms with Crippen molar-refractivity contribution in [3.63, 3.8) is 0 Å². The Bertz CT molecular complexity index is 690. The summed E-state index contributed by atoms with van der Waals surface area (Å²) in [7, 11) is 1.60. The van der Waals surface area contributed by atoms with Gasteiger partial charge >= 0.3 is 0 Å². The Hall–Kier alpha value is -2.10. The van der Waals surface area contributed by atoms with Gasteiger partial charge in [0.1, 0.15) is 5.75 Å². The molecule has 2 aromatic rings. The number of rotatable bonds is 4. The molecule has 0 atom stereocenters. The Morgan fingerprint density at radius 1 is 1.00 bits per heavy atom. The molecule has 110 valence electrons. The van der Waals surface area contributed by atoms with Crippen LogP contribution in [0.4, 0.5) is 5.69 Å². The maximum atomic E-state index is 11.9. The van der Waals surface area contributed by atoms with Crippen LogP contribution in [0.3, 0.4) is 0 Å². The summed E-state index contributed by atoms with van der Waals surface area (Å²) in [4.78, 5) is 23.7. The molecule has 1 aliphatic rings. The van der Waals surface area contributed by atoms with E-state index >= 15 is 0 Å². The Morgan fingerprint density at radius 2 is 1.67 bits per heavy atom. The van der Waals surface area contributed by atoms with Crippen molar-refractivity contribution in [2.75, 3.05) is 12.4 Å². The Balaban J connectivity index is 1.86. The largest absolute Gasteiger partial charge is 0.497 e. The molecule has 1 aliphatic carbocycles. The smallest absolute Gasteiger partial charge is 0.250 e. The fraction of sp³-hybridized carbons (Fsp3) is 0.412. The Labute approximate surface area is 123 Å². The van der Waals surface area contributed by atoms with Gasteiger partial charge in [-0.15, -0.1) is 0 Å². The van der Waals surface area contributed by atoms with Crippen molar-refractivity contribution in [3.05, 3.63) is 44.7 Å². The number of methoxy groups -OCH3 is 1. The first-order chi connectivity index (χ1) is 10.2. The molecule has 1 fully saturated rings. The summed E-state index contributed by atoms with van der Waals surface area (Å²) >= 11 is 0. The van der Waals surface area contributed by atoms with E-state index < -0.39 is 5.43 Å². The first-order valence-corrected chi connectivity index (χ1v) is 7.45. The molecule has 0 unspecified atom stereocenters. The second-order valence-electron chi connectivity index (χ2n) is 5.62. The van der Waals surface area contributed by atoms with Crippen LogP contribution in [0.2, 0.25) is 0 Å². The molecule has 0 heterocycles. The van der Waals surface area contributed by atoms with Gasteiger partial charge in [-0.1, -0.05) is 31.4 Å². The zero-order valence-corrected chi connectivity index (χ0v) is 12.1. The number of hydrogen-bond acceptors (Lipinski definition) is 4. The lowest BCUT2D eigenvalue weighted by molar-refractivity contribution is 0.415. The summed E-state index contributed by atoms with van der Waals surface area (Å²) in [6.45, 7) is 0. The van der Waals surface area contributed by atoms with Crippen LogP contribution < -0.4 is 20.9 Å². The highest BCUT2D eigenvalue weighted by Crippen LogP contribution is 2.28. The highest BCUT2D eigenvalue weighted by atomic mass is 16.5. The van der Waals surface area contributed by atoms with Gasteiger partial charge in [-0.3, -0.25) is 9.59 Å². The van der Waals surface area contributed by atoms with E-state index in [1.54, 1.807) is 19.2 Å². The summed E-state index contributed by atoms with van der Waals surface area (Å²) in [5.74, 6) is 0.735. The number of ether oxygens (including phenoxy) is 1. The first kappa shape index (κ1) is 13.9. The minimum atomic E-state index is -0.390. The molecule has 2 aromatic carbocycles. The van der Waals surface area contributed by atoms with Crippen LogP contribution in [-0.4, -0.2) is 13.2 Å². The summed E-state index contributed by atoms with van der Waals surface area (Å²) in [5, 5.41) is 3.29. The summed E-state index contributed by atoms with van der Waals surface area (Å²) in [6.07, 6.45) is 5.77. The lowest BCUT2D eigenvalue weighted by Crippen LogP contribution is -2.39. The summed E-state index contributed by atoms with van der Waals surface area (Å²) in [6, 6.07) is 7.56. The fourth-order valence-electron chi connectivity index (χ4n) is 3.01. The summed E-state index contributed by atoms with van der Waals surface area (Å²) < 4.78 is 5.11. The number of benzene rings is 1. The van der Waals surface area contributed by atoms with Crippen LogP contribution in [0.15, 0.2) is 33.9 Å². The van der Waals surface area contributed by atoms with Gasteiger partial charge < -0.3 is 10.1 Å². The first-order valence-electron chi connectivity index (χ1n) is 7.45. The minimum absolute atomic E-state index is 0.319. The van der Waals surface area contributed by atoms with Crippen molar-refractivity contribution in [2.24, 2.45) is 0 Å². The fourth-order valence-corrected chi connectivity index (χ4v) is 3.01. The maximum Gasteiger partial charge on any atom is 0.250 e. The van der Waals surface area contributed by atoms with Crippen LogP contribution in [0.5, 0.6) is 5.75 Å². The number of anilines is 1. The van der Waals surface area contributed by atoms with Crippen LogP contribution in [0.1, 0.15) is 32.1 Å². The molecule has 0 amide bonds. The molecule has 3 rings (SSSR count). The third kappa shape index (κ3) is 2.58. The van der Waals surface area contributed by atoms with Gasteiger partial charge in [-0.05, 0) is 30.5 Å². The second-order valence-corrected chi connectivity index (χ2v) is 5.62. The highest BCUT2D eigenvalue weighted by molar-refractivity contribution is 5.82. The van der Waals surface area contributed by atoms with Gasteiger partial charge in [-0.2, -0.15) is 0 Å². The number of hydrogen-bond donors (Lipinski definition) is 1. The molecule has 1 saturated carbocycles. The molecular formula is C17H19NO3. The molecule has 0 aromatic heterocycles. The quantitative estimate of drug-likeness (QED) is 0.878. The van der Waals surface area contributed by atoms with E-state index in [0.29, 0.717) is 17.3 Å². The molecule has 0 bridgehead atoms. The van der Waals surface area contributed by atoms with Crippen molar-refractivity contribution in [1.82, 2.24) is 0 Å². The van der Waals surface area contributed by atoms with E-state index in [1.807, 2.05) is 12.1 Å². The standard InChI is InChI=1S/C17H19NO3/c1-21-13-9-7-11(8-10-13)14-15(17(20)16(14)19)18-12-5-3-2-4-6-12/h7-10,12,18H,2-6H2,1H3. The molecule has 21 heavy (non-hydrogen) atoms. The predicted molar refractivity (Wildman–Crippen MR) is 83.8 cm³/mol.